The molecular formula is C9H10N4O3. The van der Waals surface area contributed by atoms with E-state index < -0.39 is 5.97 Å². The van der Waals surface area contributed by atoms with Gasteiger partial charge in [0.15, 0.2) is 11.6 Å². The van der Waals surface area contributed by atoms with Crippen LogP contribution < -0.4 is 4.90 Å². The number of nitrogens with zero attached hydrogens (tertiary/aromatic N) is 3. The first-order valence-electron chi connectivity index (χ1n) is 4.56. The minimum atomic E-state index is -0.938. The van der Waals surface area contributed by atoms with Crippen LogP contribution in [0.1, 0.15) is 0 Å². The number of aromatic nitrogens is 3. The van der Waals surface area contributed by atoms with Gasteiger partial charge in [-0.25, -0.2) is 0 Å². The van der Waals surface area contributed by atoms with Crippen LogP contribution in [0.5, 0.6) is 0 Å². The van der Waals surface area contributed by atoms with E-state index in [0.717, 1.165) is 0 Å². The lowest BCUT2D eigenvalue weighted by Gasteiger charge is -2.10. The van der Waals surface area contributed by atoms with E-state index in [1.54, 1.807) is 19.2 Å². The van der Waals surface area contributed by atoms with Crippen molar-refractivity contribution in [3.63, 3.8) is 0 Å². The summed E-state index contributed by atoms with van der Waals surface area (Å²) >= 11 is 0. The summed E-state index contributed by atoms with van der Waals surface area (Å²) in [6.45, 7) is -0.157. The first-order valence-corrected chi connectivity index (χ1v) is 4.56. The lowest BCUT2D eigenvalue weighted by molar-refractivity contribution is -0.135. The SMILES string of the molecule is CN(CC(=O)O)c1n[nH]c(-c2ccco2)n1. The number of H-pyrrole nitrogens is 1. The van der Waals surface area contributed by atoms with Gasteiger partial charge < -0.3 is 14.4 Å². The summed E-state index contributed by atoms with van der Waals surface area (Å²) in [5.74, 6) is 0.403. The predicted octanol–water partition coefficient (Wildman–Crippen LogP) is 0.585. The van der Waals surface area contributed by atoms with Crippen molar-refractivity contribution in [2.45, 2.75) is 0 Å². The minimum Gasteiger partial charge on any atom is -0.480 e. The second-order valence-electron chi connectivity index (χ2n) is 3.21. The maximum absolute atomic E-state index is 10.5. The Bertz CT molecular complexity index is 477. The maximum Gasteiger partial charge on any atom is 0.323 e. The molecule has 2 N–H and O–H groups in total. The molecule has 2 rings (SSSR count). The van der Waals surface area contributed by atoms with Crippen molar-refractivity contribution < 1.29 is 14.3 Å². The molecule has 2 heterocycles. The zero-order valence-corrected chi connectivity index (χ0v) is 8.54. The van der Waals surface area contributed by atoms with E-state index in [1.165, 1.54) is 11.2 Å². The molecule has 0 saturated heterocycles. The summed E-state index contributed by atoms with van der Waals surface area (Å²) < 4.78 is 5.13. The zero-order valence-electron chi connectivity index (χ0n) is 8.54. The Balaban J connectivity index is 2.16. The fourth-order valence-electron chi connectivity index (χ4n) is 1.22. The molecule has 0 aromatic carbocycles. The Hall–Kier alpha value is -2.31. The highest BCUT2D eigenvalue weighted by molar-refractivity contribution is 5.72. The number of hydrogen-bond donors (Lipinski definition) is 2. The predicted molar refractivity (Wildman–Crippen MR) is 55.0 cm³/mol. The molecule has 16 heavy (non-hydrogen) atoms. The molecule has 0 spiro atoms. The molecule has 0 saturated carbocycles. The largest absolute Gasteiger partial charge is 0.480 e. The Labute approximate surface area is 90.7 Å². The van der Waals surface area contributed by atoms with E-state index in [1.807, 2.05) is 0 Å². The smallest absolute Gasteiger partial charge is 0.323 e. The molecule has 0 aliphatic heterocycles. The number of likely N-dealkylation sites (N-methyl/N-ethyl adjacent to an activating group) is 1. The highest BCUT2D eigenvalue weighted by Gasteiger charge is 2.12. The van der Waals surface area contributed by atoms with Gasteiger partial charge in [0.05, 0.1) is 6.26 Å². The third-order valence-electron chi connectivity index (χ3n) is 1.94. The fraction of sp³-hybridized carbons (Fsp3) is 0.222. The second-order valence-corrected chi connectivity index (χ2v) is 3.21. The van der Waals surface area contributed by atoms with E-state index in [0.29, 0.717) is 17.5 Å². The van der Waals surface area contributed by atoms with Gasteiger partial charge in [-0.1, -0.05) is 0 Å². The van der Waals surface area contributed by atoms with E-state index in [2.05, 4.69) is 15.2 Å². The van der Waals surface area contributed by atoms with Gasteiger partial charge in [-0.2, -0.15) is 4.98 Å². The molecule has 0 atom stereocenters. The lowest BCUT2D eigenvalue weighted by Crippen LogP contribution is -2.26. The summed E-state index contributed by atoms with van der Waals surface area (Å²) in [4.78, 5) is 16.0. The summed E-state index contributed by atoms with van der Waals surface area (Å²) in [5.41, 5.74) is 0. The molecule has 0 aliphatic rings. The summed E-state index contributed by atoms with van der Waals surface area (Å²) in [7, 11) is 1.60. The van der Waals surface area contributed by atoms with E-state index in [4.69, 9.17) is 9.52 Å². The number of furan rings is 1. The molecule has 2 aromatic rings. The maximum atomic E-state index is 10.5. The molecule has 7 nitrogen and oxygen atoms in total. The number of carbonyl (C=O) groups is 1. The van der Waals surface area contributed by atoms with Gasteiger partial charge >= 0.3 is 5.97 Å². The highest BCUT2D eigenvalue weighted by Crippen LogP contribution is 2.16. The number of aliphatic carboxylic acids is 1. The third kappa shape index (κ3) is 2.02. The van der Waals surface area contributed by atoms with Crippen LogP contribution in [0.4, 0.5) is 5.95 Å². The number of nitrogens with one attached hydrogen (secondary N) is 1. The lowest BCUT2D eigenvalue weighted by atomic mass is 10.4. The van der Waals surface area contributed by atoms with Gasteiger partial charge in [0.2, 0.25) is 5.95 Å². The second kappa shape index (κ2) is 4.05. The Kier molecular flexibility index (Phi) is 2.59. The van der Waals surface area contributed by atoms with Crippen LogP contribution in [-0.4, -0.2) is 39.8 Å². The quantitative estimate of drug-likeness (QED) is 0.785. The summed E-state index contributed by atoms with van der Waals surface area (Å²) in [5, 5.41) is 15.2. The number of aromatic amines is 1. The van der Waals surface area contributed by atoms with Gasteiger partial charge in [0.25, 0.3) is 0 Å². The topological polar surface area (TPSA) is 95.2 Å². The van der Waals surface area contributed by atoms with Crippen molar-refractivity contribution >= 4 is 11.9 Å². The number of rotatable bonds is 4. The van der Waals surface area contributed by atoms with E-state index in [9.17, 15) is 4.79 Å². The van der Waals surface area contributed by atoms with Crippen LogP contribution in [0.3, 0.4) is 0 Å². The van der Waals surface area contributed by atoms with Crippen LogP contribution in [0.2, 0.25) is 0 Å². The number of anilines is 1. The molecule has 0 unspecified atom stereocenters. The number of carboxylic acids is 1. The molecule has 84 valence electrons. The summed E-state index contributed by atoms with van der Waals surface area (Å²) in [6.07, 6.45) is 1.53. The van der Waals surface area contributed by atoms with Crippen molar-refractivity contribution in [2.24, 2.45) is 0 Å². The van der Waals surface area contributed by atoms with Gasteiger partial charge in [-0.05, 0) is 12.1 Å². The molecule has 0 fully saturated rings. The molecule has 0 bridgehead atoms. The first kappa shape index (κ1) is 10.2. The van der Waals surface area contributed by atoms with E-state index in [-0.39, 0.29) is 6.54 Å². The van der Waals surface area contributed by atoms with Crippen molar-refractivity contribution in [3.05, 3.63) is 18.4 Å². The van der Waals surface area contributed by atoms with Crippen LogP contribution in [0.15, 0.2) is 22.8 Å². The first-order chi connectivity index (χ1) is 7.66. The molecular weight excluding hydrogens is 212 g/mol. The highest BCUT2D eigenvalue weighted by atomic mass is 16.4. The van der Waals surface area contributed by atoms with E-state index >= 15 is 0 Å². The normalized spacial score (nSPS) is 10.3. The Morgan fingerprint density at radius 2 is 2.50 bits per heavy atom. The van der Waals surface area contributed by atoms with Crippen LogP contribution in [0, 0.1) is 0 Å². The van der Waals surface area contributed by atoms with Crippen LogP contribution in [-0.2, 0) is 4.79 Å². The molecule has 2 aromatic heterocycles. The van der Waals surface area contributed by atoms with Gasteiger partial charge in [0, 0.05) is 7.05 Å². The fourth-order valence-corrected chi connectivity index (χ4v) is 1.22. The van der Waals surface area contributed by atoms with Crippen molar-refractivity contribution in [1.82, 2.24) is 15.2 Å². The van der Waals surface area contributed by atoms with Crippen molar-refractivity contribution in [1.29, 1.82) is 0 Å². The molecule has 0 amide bonds. The van der Waals surface area contributed by atoms with Crippen LogP contribution in [0.25, 0.3) is 11.6 Å². The monoisotopic (exact) mass is 222 g/mol. The molecule has 0 aliphatic carbocycles. The minimum absolute atomic E-state index is 0.157. The molecule has 7 heteroatoms. The third-order valence-corrected chi connectivity index (χ3v) is 1.94. The average Bonchev–Trinajstić information content (AvgIpc) is 2.87. The molecule has 0 radical (unpaired) electrons. The Morgan fingerprint density at radius 3 is 3.12 bits per heavy atom. The van der Waals surface area contributed by atoms with Crippen molar-refractivity contribution in [3.8, 4) is 11.6 Å². The van der Waals surface area contributed by atoms with Crippen LogP contribution >= 0.6 is 0 Å². The standard InChI is InChI=1S/C9H10N4O3/c1-13(5-7(14)15)9-10-8(11-12-9)6-3-2-4-16-6/h2-4H,5H2,1H3,(H,14,15)(H,10,11,12). The van der Waals surface area contributed by atoms with Crippen molar-refractivity contribution in [2.75, 3.05) is 18.5 Å². The average molecular weight is 222 g/mol. The van der Waals surface area contributed by atoms with Gasteiger partial charge in [-0.3, -0.25) is 9.89 Å². The zero-order chi connectivity index (χ0) is 11.5. The van der Waals surface area contributed by atoms with Gasteiger partial charge in [-0.15, -0.1) is 5.10 Å². The Morgan fingerprint density at radius 1 is 1.69 bits per heavy atom. The summed E-state index contributed by atoms with van der Waals surface area (Å²) in [6, 6.07) is 3.47. The van der Waals surface area contributed by atoms with Gasteiger partial charge in [0.1, 0.15) is 6.54 Å². The number of hydrogen-bond acceptors (Lipinski definition) is 5. The number of carboxylic acid groups (broad SMARTS) is 1.